The highest BCUT2D eigenvalue weighted by molar-refractivity contribution is 6.30. The maximum atomic E-state index is 14.5. The molecule has 2 fully saturated rings. The van der Waals surface area contributed by atoms with E-state index in [1.807, 2.05) is 41.8 Å². The van der Waals surface area contributed by atoms with Crippen molar-refractivity contribution in [1.82, 2.24) is 14.8 Å². The number of nitrogens with one attached hydrogen (secondary N) is 1. The molecule has 9 heteroatoms. The van der Waals surface area contributed by atoms with E-state index in [4.69, 9.17) is 4.74 Å². The molecule has 1 N–H and O–H groups in total. The number of urea groups is 1. The number of hydrogen-bond acceptors (Lipinski definition) is 6. The number of barbiturate groups is 1. The SMILES string of the molecule is CCc1ccc(N2C(=O)NC(=O)[C@](Cc3ccc(OC)cc3)(CN3C[C@@H]4C[C@H](C3)c3cccc(=O)n3C4)C2=O)cc1. The second-order valence-electron chi connectivity index (χ2n) is 11.4. The molecule has 3 aliphatic heterocycles. The van der Waals surface area contributed by atoms with E-state index in [1.165, 1.54) is 0 Å². The Kier molecular flexibility index (Phi) is 6.99. The van der Waals surface area contributed by atoms with Gasteiger partial charge in [0.05, 0.1) is 12.8 Å². The monoisotopic (exact) mass is 554 g/mol. The number of anilines is 1. The summed E-state index contributed by atoms with van der Waals surface area (Å²) in [6.07, 6.45) is 1.91. The van der Waals surface area contributed by atoms with E-state index < -0.39 is 23.3 Å². The third-order valence-electron chi connectivity index (χ3n) is 8.79. The van der Waals surface area contributed by atoms with Crippen LogP contribution in [0.15, 0.2) is 71.5 Å². The van der Waals surface area contributed by atoms with Crippen molar-refractivity contribution in [2.45, 2.75) is 38.6 Å². The Balaban J connectivity index is 1.37. The molecule has 0 aliphatic carbocycles. The van der Waals surface area contributed by atoms with E-state index in [2.05, 4.69) is 10.2 Å². The fourth-order valence-corrected chi connectivity index (χ4v) is 6.74. The first-order valence-electron chi connectivity index (χ1n) is 14.1. The molecule has 3 atom stereocenters. The van der Waals surface area contributed by atoms with Crippen LogP contribution in [0, 0.1) is 11.3 Å². The van der Waals surface area contributed by atoms with Crippen molar-refractivity contribution in [3.63, 3.8) is 0 Å². The Morgan fingerprint density at radius 2 is 1.63 bits per heavy atom. The van der Waals surface area contributed by atoms with Gasteiger partial charge < -0.3 is 14.2 Å². The van der Waals surface area contributed by atoms with E-state index in [1.54, 1.807) is 43.5 Å². The number of imide groups is 2. The first-order chi connectivity index (χ1) is 19.8. The van der Waals surface area contributed by atoms with Crippen LogP contribution in [0.5, 0.6) is 5.75 Å². The molecule has 41 heavy (non-hydrogen) atoms. The van der Waals surface area contributed by atoms with Crippen LogP contribution >= 0.6 is 0 Å². The van der Waals surface area contributed by atoms with Gasteiger partial charge in [-0.15, -0.1) is 0 Å². The summed E-state index contributed by atoms with van der Waals surface area (Å²) in [6, 6.07) is 19.3. The minimum atomic E-state index is -1.53. The molecule has 3 aliphatic rings. The number of amides is 4. The smallest absolute Gasteiger partial charge is 0.335 e. The van der Waals surface area contributed by atoms with Gasteiger partial charge in [0.1, 0.15) is 11.2 Å². The average molecular weight is 555 g/mol. The van der Waals surface area contributed by atoms with Crippen molar-refractivity contribution < 1.29 is 19.1 Å². The highest BCUT2D eigenvalue weighted by atomic mass is 16.5. The maximum absolute atomic E-state index is 14.5. The minimum Gasteiger partial charge on any atom is -0.497 e. The number of hydrogen-bond donors (Lipinski definition) is 1. The predicted octanol–water partition coefficient (Wildman–Crippen LogP) is 3.35. The normalized spacial score (nSPS) is 24.1. The molecule has 4 heterocycles. The zero-order valence-corrected chi connectivity index (χ0v) is 23.3. The van der Waals surface area contributed by atoms with Crippen LogP contribution in [-0.4, -0.2) is 54.1 Å². The molecular formula is C32H34N4O5. The number of pyridine rings is 1. The number of fused-ring (bicyclic) bond motifs is 4. The molecule has 3 aromatic rings. The van der Waals surface area contributed by atoms with E-state index in [0.29, 0.717) is 31.1 Å². The summed E-state index contributed by atoms with van der Waals surface area (Å²) < 4.78 is 7.17. The summed E-state index contributed by atoms with van der Waals surface area (Å²) >= 11 is 0. The molecule has 0 saturated carbocycles. The van der Waals surface area contributed by atoms with Gasteiger partial charge >= 0.3 is 6.03 Å². The van der Waals surface area contributed by atoms with E-state index in [0.717, 1.165) is 34.6 Å². The maximum Gasteiger partial charge on any atom is 0.335 e. The van der Waals surface area contributed by atoms with E-state index in [9.17, 15) is 19.2 Å². The van der Waals surface area contributed by atoms with Gasteiger partial charge in [-0.2, -0.15) is 0 Å². The number of benzene rings is 2. The van der Waals surface area contributed by atoms with Crippen LogP contribution in [0.4, 0.5) is 10.5 Å². The lowest BCUT2D eigenvalue weighted by Gasteiger charge is -2.47. The lowest BCUT2D eigenvalue weighted by molar-refractivity contribution is -0.144. The number of carbonyl (C=O) groups excluding carboxylic acids is 3. The first kappa shape index (κ1) is 27.0. The standard InChI is InChI=1S/C32H34N4O5/c1-3-21-7-11-25(12-8-21)36-30(39)32(29(38)33-31(36)40,16-22-9-13-26(41-2)14-10-22)20-34-17-23-15-24(19-34)27-5-4-6-28(37)35(27)18-23/h4-14,23-24H,3,15-20H2,1-2H3,(H,33,38,40)/t23-,24+,32-/m0/s1. The fraction of sp³-hybridized carbons (Fsp3) is 0.375. The number of methoxy groups -OCH3 is 1. The van der Waals surface area contributed by atoms with Crippen LogP contribution in [0.25, 0.3) is 0 Å². The van der Waals surface area contributed by atoms with E-state index >= 15 is 0 Å². The molecule has 4 amide bonds. The molecule has 0 spiro atoms. The zero-order chi connectivity index (χ0) is 28.7. The van der Waals surface area contributed by atoms with Crippen LogP contribution in [0.2, 0.25) is 0 Å². The van der Waals surface area contributed by atoms with Crippen molar-refractivity contribution in [1.29, 1.82) is 0 Å². The zero-order valence-electron chi connectivity index (χ0n) is 23.3. The van der Waals surface area contributed by atoms with Gasteiger partial charge in [0.15, 0.2) is 0 Å². The third kappa shape index (κ3) is 4.84. The Hall–Kier alpha value is -4.24. The molecule has 2 aromatic carbocycles. The largest absolute Gasteiger partial charge is 0.497 e. The Labute approximate surface area is 238 Å². The van der Waals surface area contributed by atoms with Gasteiger partial charge in [-0.1, -0.05) is 37.3 Å². The number of aryl methyl sites for hydroxylation is 1. The number of piperidine rings is 1. The van der Waals surface area contributed by atoms with Crippen molar-refractivity contribution in [2.75, 3.05) is 31.6 Å². The Morgan fingerprint density at radius 1 is 0.902 bits per heavy atom. The number of nitrogens with zero attached hydrogens (tertiary/aromatic N) is 3. The summed E-state index contributed by atoms with van der Waals surface area (Å²) in [4.78, 5) is 57.2. The molecule has 0 radical (unpaired) electrons. The number of aromatic nitrogens is 1. The van der Waals surface area contributed by atoms with Gasteiger partial charge in [-0.3, -0.25) is 19.7 Å². The quantitative estimate of drug-likeness (QED) is 0.450. The molecule has 6 rings (SSSR count). The van der Waals surface area contributed by atoms with Crippen LogP contribution in [-0.2, 0) is 29.0 Å². The van der Waals surface area contributed by atoms with Crippen molar-refractivity contribution >= 4 is 23.5 Å². The topological polar surface area (TPSA) is 101 Å². The van der Waals surface area contributed by atoms with Crippen molar-refractivity contribution in [2.24, 2.45) is 11.3 Å². The van der Waals surface area contributed by atoms with Crippen molar-refractivity contribution in [3.8, 4) is 5.75 Å². The lowest BCUT2D eigenvalue weighted by atomic mass is 9.75. The van der Waals surface area contributed by atoms with Gasteiger partial charge in [0.2, 0.25) is 5.91 Å². The Morgan fingerprint density at radius 3 is 2.34 bits per heavy atom. The summed E-state index contributed by atoms with van der Waals surface area (Å²) in [5.41, 5.74) is 1.77. The summed E-state index contributed by atoms with van der Waals surface area (Å²) in [5, 5.41) is 2.51. The molecule has 2 saturated heterocycles. The predicted molar refractivity (Wildman–Crippen MR) is 154 cm³/mol. The van der Waals surface area contributed by atoms with Crippen LogP contribution in [0.3, 0.4) is 0 Å². The first-order valence-corrected chi connectivity index (χ1v) is 14.1. The minimum absolute atomic E-state index is 0.00621. The summed E-state index contributed by atoms with van der Waals surface area (Å²) in [6.45, 7) is 4.08. The highest BCUT2D eigenvalue weighted by Gasteiger charge is 2.55. The van der Waals surface area contributed by atoms with Crippen LogP contribution < -0.4 is 20.5 Å². The van der Waals surface area contributed by atoms with Gasteiger partial charge in [-0.05, 0) is 66.6 Å². The molecule has 0 unspecified atom stereocenters. The lowest BCUT2D eigenvalue weighted by Crippen LogP contribution is -2.68. The Bertz CT molecular complexity index is 1550. The van der Waals surface area contributed by atoms with E-state index in [-0.39, 0.29) is 30.4 Å². The average Bonchev–Trinajstić information content (AvgIpc) is 2.97. The number of ether oxygens (including phenoxy) is 1. The third-order valence-corrected chi connectivity index (χ3v) is 8.79. The second kappa shape index (κ2) is 10.6. The molecule has 2 bridgehead atoms. The summed E-state index contributed by atoms with van der Waals surface area (Å²) in [7, 11) is 1.58. The van der Waals surface area contributed by atoms with Crippen molar-refractivity contribution in [3.05, 3.63) is 93.9 Å². The number of carbonyl (C=O) groups is 3. The summed E-state index contributed by atoms with van der Waals surface area (Å²) in [5.74, 6) is -0.0976. The van der Waals surface area contributed by atoms with Crippen LogP contribution in [0.1, 0.15) is 36.1 Å². The van der Waals surface area contributed by atoms with Gasteiger partial charge in [-0.25, -0.2) is 9.69 Å². The van der Waals surface area contributed by atoms with Gasteiger partial charge in [0, 0.05) is 43.9 Å². The number of likely N-dealkylation sites (tertiary alicyclic amines) is 1. The molecule has 212 valence electrons. The number of rotatable bonds is 7. The highest BCUT2D eigenvalue weighted by Crippen LogP contribution is 2.39. The fourth-order valence-electron chi connectivity index (χ4n) is 6.74. The molecular weight excluding hydrogens is 520 g/mol. The molecule has 9 nitrogen and oxygen atoms in total. The molecule has 1 aromatic heterocycles. The van der Waals surface area contributed by atoms with Gasteiger partial charge in [0.25, 0.3) is 11.5 Å². The second-order valence-corrected chi connectivity index (χ2v) is 11.4.